The quantitative estimate of drug-likeness (QED) is 0.416. The number of carboxylic acid groups (broad SMARTS) is 1. The molecule has 1 aliphatic carbocycles. The lowest BCUT2D eigenvalue weighted by Gasteiger charge is -2.28. The van der Waals surface area contributed by atoms with Crippen LogP contribution in [0.4, 0.5) is 5.82 Å². The molecule has 32 heavy (non-hydrogen) atoms. The number of anilines is 1. The van der Waals surface area contributed by atoms with Crippen molar-refractivity contribution in [1.29, 1.82) is 0 Å². The zero-order valence-corrected chi connectivity index (χ0v) is 18.9. The first kappa shape index (κ1) is 20.7. The van der Waals surface area contributed by atoms with Gasteiger partial charge in [0.1, 0.15) is 5.82 Å². The molecule has 0 unspecified atom stereocenters. The van der Waals surface area contributed by atoms with Gasteiger partial charge in [-0.1, -0.05) is 18.2 Å². The molecule has 1 aromatic carbocycles. The molecule has 0 amide bonds. The monoisotopic (exact) mass is 494 g/mol. The smallest absolute Gasteiger partial charge is 0.303 e. The number of para-hydroxylation sites is 1. The summed E-state index contributed by atoms with van der Waals surface area (Å²) in [5.74, 6) is 0.257. The molecule has 1 fully saturated rings. The molecule has 3 N–H and O–H groups in total. The molecular weight excluding hydrogens is 472 g/mol. The van der Waals surface area contributed by atoms with Crippen molar-refractivity contribution in [3.05, 3.63) is 59.1 Å². The zero-order valence-electron chi connectivity index (χ0n) is 17.4. The minimum atomic E-state index is -0.724. The average Bonchev–Trinajstić information content (AvgIpc) is 3.44. The molecule has 0 saturated heterocycles. The number of nitrogens with zero attached hydrogens (tertiary/aromatic N) is 5. The van der Waals surface area contributed by atoms with Gasteiger partial charge in [0.2, 0.25) is 0 Å². The summed E-state index contributed by atoms with van der Waals surface area (Å²) in [6, 6.07) is 9.92. The van der Waals surface area contributed by atoms with E-state index in [1.54, 1.807) is 16.9 Å². The minimum absolute atomic E-state index is 0.233. The molecular formula is C23H23BrN6O2. The molecule has 0 spiro atoms. The summed E-state index contributed by atoms with van der Waals surface area (Å²) >= 11 is 3.63. The Kier molecular flexibility index (Phi) is 5.42. The predicted molar refractivity (Wildman–Crippen MR) is 125 cm³/mol. The SMILES string of the molecule is Nc1c(Br)c(C2CCC(CC(=O)O)CC2)nc2c(-c3cnn(-c4ccccc4)c3)cnn12. The molecule has 5 rings (SSSR count). The van der Waals surface area contributed by atoms with Crippen molar-refractivity contribution in [2.24, 2.45) is 5.92 Å². The van der Waals surface area contributed by atoms with Gasteiger partial charge in [-0.3, -0.25) is 4.79 Å². The molecule has 4 aromatic rings. The molecule has 164 valence electrons. The highest BCUT2D eigenvalue weighted by atomic mass is 79.9. The van der Waals surface area contributed by atoms with Crippen LogP contribution in [0.5, 0.6) is 0 Å². The number of hydrogen-bond acceptors (Lipinski definition) is 5. The summed E-state index contributed by atoms with van der Waals surface area (Å²) in [7, 11) is 0. The fourth-order valence-corrected chi connectivity index (χ4v) is 5.14. The van der Waals surface area contributed by atoms with Gasteiger partial charge in [-0.15, -0.1) is 0 Å². The van der Waals surface area contributed by atoms with Crippen LogP contribution in [0.3, 0.4) is 0 Å². The highest BCUT2D eigenvalue weighted by Gasteiger charge is 2.28. The Morgan fingerprint density at radius 3 is 2.59 bits per heavy atom. The highest BCUT2D eigenvalue weighted by Crippen LogP contribution is 2.41. The average molecular weight is 495 g/mol. The third kappa shape index (κ3) is 3.77. The van der Waals surface area contributed by atoms with Crippen molar-refractivity contribution in [3.8, 4) is 16.8 Å². The number of aliphatic carboxylic acids is 1. The maximum absolute atomic E-state index is 11.0. The van der Waals surface area contributed by atoms with E-state index in [9.17, 15) is 4.79 Å². The largest absolute Gasteiger partial charge is 0.481 e. The fraction of sp³-hybridized carbons (Fsp3) is 0.304. The van der Waals surface area contributed by atoms with E-state index in [4.69, 9.17) is 15.8 Å². The van der Waals surface area contributed by atoms with Crippen molar-refractivity contribution in [2.45, 2.75) is 38.0 Å². The van der Waals surface area contributed by atoms with Gasteiger partial charge in [0.05, 0.1) is 28.2 Å². The van der Waals surface area contributed by atoms with Gasteiger partial charge in [0, 0.05) is 29.7 Å². The summed E-state index contributed by atoms with van der Waals surface area (Å²) in [5, 5.41) is 18.0. The lowest BCUT2D eigenvalue weighted by atomic mass is 9.79. The number of hydrogen-bond donors (Lipinski definition) is 2. The van der Waals surface area contributed by atoms with E-state index < -0.39 is 5.97 Å². The Hall–Kier alpha value is -3.20. The van der Waals surface area contributed by atoms with Crippen molar-refractivity contribution in [1.82, 2.24) is 24.4 Å². The Morgan fingerprint density at radius 1 is 1.12 bits per heavy atom. The number of aromatic nitrogens is 5. The van der Waals surface area contributed by atoms with Gasteiger partial charge in [-0.25, -0.2) is 9.67 Å². The molecule has 0 bridgehead atoms. The van der Waals surface area contributed by atoms with Gasteiger partial charge in [0.25, 0.3) is 0 Å². The van der Waals surface area contributed by atoms with E-state index in [1.807, 2.05) is 41.2 Å². The maximum Gasteiger partial charge on any atom is 0.303 e. The van der Waals surface area contributed by atoms with E-state index in [2.05, 4.69) is 26.1 Å². The predicted octanol–water partition coefficient (Wildman–Crippen LogP) is 4.68. The van der Waals surface area contributed by atoms with Crippen LogP contribution in [-0.2, 0) is 4.79 Å². The van der Waals surface area contributed by atoms with Crippen LogP contribution in [0.15, 0.2) is 53.4 Å². The normalized spacial score (nSPS) is 18.8. The Labute approximate surface area is 193 Å². The molecule has 3 heterocycles. The Balaban J connectivity index is 1.49. The molecule has 3 aromatic heterocycles. The van der Waals surface area contributed by atoms with Crippen LogP contribution in [0.2, 0.25) is 0 Å². The summed E-state index contributed by atoms with van der Waals surface area (Å²) in [6.07, 6.45) is 9.33. The second kappa shape index (κ2) is 8.38. The van der Waals surface area contributed by atoms with E-state index in [1.165, 1.54) is 0 Å². The molecule has 9 heteroatoms. The van der Waals surface area contributed by atoms with Crippen LogP contribution in [0.25, 0.3) is 22.5 Å². The minimum Gasteiger partial charge on any atom is -0.481 e. The molecule has 1 aliphatic rings. The first-order chi connectivity index (χ1) is 15.5. The lowest BCUT2D eigenvalue weighted by Crippen LogP contribution is -2.18. The third-order valence-corrected chi connectivity index (χ3v) is 7.07. The van der Waals surface area contributed by atoms with E-state index in [-0.39, 0.29) is 18.3 Å². The fourth-order valence-electron chi connectivity index (χ4n) is 4.56. The third-order valence-electron chi connectivity index (χ3n) is 6.26. The van der Waals surface area contributed by atoms with Gasteiger partial charge in [-0.2, -0.15) is 14.7 Å². The second-order valence-electron chi connectivity index (χ2n) is 8.31. The maximum atomic E-state index is 11.0. The zero-order chi connectivity index (χ0) is 22.2. The van der Waals surface area contributed by atoms with Crippen molar-refractivity contribution >= 4 is 33.4 Å². The lowest BCUT2D eigenvalue weighted by molar-refractivity contribution is -0.138. The summed E-state index contributed by atoms with van der Waals surface area (Å²) in [4.78, 5) is 16.0. The first-order valence-electron chi connectivity index (χ1n) is 10.7. The van der Waals surface area contributed by atoms with Crippen LogP contribution in [-0.4, -0.2) is 35.5 Å². The molecule has 0 aliphatic heterocycles. The van der Waals surface area contributed by atoms with Gasteiger partial charge >= 0.3 is 5.97 Å². The molecule has 0 atom stereocenters. The highest BCUT2D eigenvalue weighted by molar-refractivity contribution is 9.10. The number of carbonyl (C=O) groups is 1. The topological polar surface area (TPSA) is 111 Å². The molecule has 0 radical (unpaired) electrons. The molecule has 1 saturated carbocycles. The van der Waals surface area contributed by atoms with Crippen molar-refractivity contribution in [2.75, 3.05) is 5.73 Å². The summed E-state index contributed by atoms with van der Waals surface area (Å²) < 4.78 is 4.24. The van der Waals surface area contributed by atoms with Gasteiger partial charge in [0.15, 0.2) is 5.65 Å². The number of halogens is 1. The van der Waals surface area contributed by atoms with Crippen LogP contribution >= 0.6 is 15.9 Å². The standard InChI is InChI=1S/C23H23BrN6O2/c24-20-21(15-8-6-14(7-9-15)10-19(31)32)28-23-18(12-27-30(23)22(20)25)16-11-26-29(13-16)17-4-2-1-3-5-17/h1-5,11-15H,6-10,25H2,(H,31,32). The van der Waals surface area contributed by atoms with Crippen molar-refractivity contribution in [3.63, 3.8) is 0 Å². The number of nitrogen functional groups attached to an aromatic ring is 1. The number of nitrogens with two attached hydrogens (primary N) is 1. The van der Waals surface area contributed by atoms with Gasteiger partial charge in [-0.05, 0) is 59.7 Å². The van der Waals surface area contributed by atoms with Crippen LogP contribution in [0, 0.1) is 5.92 Å². The number of rotatable bonds is 5. The van der Waals surface area contributed by atoms with E-state index in [0.29, 0.717) is 11.5 Å². The number of benzene rings is 1. The van der Waals surface area contributed by atoms with E-state index >= 15 is 0 Å². The van der Waals surface area contributed by atoms with Crippen LogP contribution < -0.4 is 5.73 Å². The molecule has 8 nitrogen and oxygen atoms in total. The second-order valence-corrected chi connectivity index (χ2v) is 9.11. The Morgan fingerprint density at radius 2 is 1.88 bits per heavy atom. The number of carboxylic acids is 1. The summed E-state index contributed by atoms with van der Waals surface area (Å²) in [6.45, 7) is 0. The number of fused-ring (bicyclic) bond motifs is 1. The van der Waals surface area contributed by atoms with E-state index in [0.717, 1.165) is 52.7 Å². The van der Waals surface area contributed by atoms with Crippen LogP contribution in [0.1, 0.15) is 43.7 Å². The van der Waals surface area contributed by atoms with Crippen molar-refractivity contribution < 1.29 is 9.90 Å². The summed E-state index contributed by atoms with van der Waals surface area (Å²) in [5.41, 5.74) is 10.8. The van der Waals surface area contributed by atoms with Gasteiger partial charge < -0.3 is 10.8 Å². The Bertz CT molecular complexity index is 1270. The first-order valence-corrected chi connectivity index (χ1v) is 11.5.